The first kappa shape index (κ1) is 17.2. The summed E-state index contributed by atoms with van der Waals surface area (Å²) in [5, 5.41) is 3.36. The van der Waals surface area contributed by atoms with Crippen LogP contribution in [0.25, 0.3) is 0 Å². The highest BCUT2D eigenvalue weighted by Crippen LogP contribution is 2.33. The zero-order valence-electron chi connectivity index (χ0n) is 12.5. The highest BCUT2D eigenvalue weighted by molar-refractivity contribution is 7.98. The van der Waals surface area contributed by atoms with Crippen LogP contribution in [0.5, 0.6) is 0 Å². The Morgan fingerprint density at radius 3 is 2.57 bits per heavy atom. The van der Waals surface area contributed by atoms with Gasteiger partial charge in [0.15, 0.2) is 0 Å². The number of nitrogens with zero attached hydrogens (tertiary/aromatic N) is 2. The molecule has 1 aromatic carbocycles. The quantitative estimate of drug-likeness (QED) is 0.808. The summed E-state index contributed by atoms with van der Waals surface area (Å²) in [7, 11) is 3.18. The Balaban J connectivity index is 2.15. The molecule has 1 aromatic heterocycles. The lowest BCUT2D eigenvalue weighted by molar-refractivity contribution is 0.0998. The minimum Gasteiger partial charge on any atom is -0.365 e. The van der Waals surface area contributed by atoms with Crippen LogP contribution in [0.2, 0.25) is 0 Å². The van der Waals surface area contributed by atoms with E-state index < -0.39 is 5.91 Å². The van der Waals surface area contributed by atoms with E-state index in [1.165, 1.54) is 28.8 Å². The van der Waals surface area contributed by atoms with E-state index in [9.17, 15) is 14.0 Å². The van der Waals surface area contributed by atoms with Gasteiger partial charge >= 0.3 is 6.03 Å². The molecular weight excluding hydrogens is 339 g/mol. The molecule has 1 heterocycles. The van der Waals surface area contributed by atoms with E-state index in [1.54, 1.807) is 26.2 Å². The molecule has 0 atom stereocenters. The maximum atomic E-state index is 12.9. The topological polar surface area (TPSA) is 88.3 Å². The van der Waals surface area contributed by atoms with Crippen molar-refractivity contribution in [3.63, 3.8) is 0 Å². The molecule has 0 radical (unpaired) electrons. The number of nitrogens with two attached hydrogens (primary N) is 1. The van der Waals surface area contributed by atoms with E-state index in [-0.39, 0.29) is 17.4 Å². The second-order valence-electron chi connectivity index (χ2n) is 4.80. The summed E-state index contributed by atoms with van der Waals surface area (Å²) < 4.78 is 17.1. The van der Waals surface area contributed by atoms with E-state index in [2.05, 4.69) is 9.69 Å². The Morgan fingerprint density at radius 1 is 1.35 bits per heavy atom. The smallest absolute Gasteiger partial charge is 0.321 e. The number of carbonyl (C=O) groups excluding carboxylic acids is 2. The minimum atomic E-state index is -0.658. The molecule has 3 N–H and O–H groups in total. The monoisotopic (exact) mass is 354 g/mol. The Labute approximate surface area is 141 Å². The fraction of sp³-hybridized carbons (Fsp3) is 0.214. The van der Waals surface area contributed by atoms with Crippen LogP contribution in [-0.2, 0) is 5.75 Å². The van der Waals surface area contributed by atoms with E-state index in [0.29, 0.717) is 15.8 Å². The second kappa shape index (κ2) is 7.42. The molecule has 2 aromatic rings. The number of rotatable bonds is 5. The maximum absolute atomic E-state index is 12.9. The Hall–Kier alpha value is -2.13. The molecule has 0 unspecified atom stereocenters. The molecule has 23 heavy (non-hydrogen) atoms. The van der Waals surface area contributed by atoms with Gasteiger partial charge in [0.05, 0.1) is 0 Å². The molecule has 3 amide bonds. The largest absolute Gasteiger partial charge is 0.365 e. The standard InChI is InChI=1S/C14H15FN4O2S2/c1-19(2)14(21)17-12-10(11(16)20)13(18-23-12)22-7-8-3-5-9(15)6-4-8/h3-6H,7H2,1-2H3,(H2,16,20)(H,17,21). The summed E-state index contributed by atoms with van der Waals surface area (Å²) in [5.74, 6) is -0.459. The number of aromatic nitrogens is 1. The van der Waals surface area contributed by atoms with Gasteiger partial charge in [0, 0.05) is 19.8 Å². The third-order valence-electron chi connectivity index (χ3n) is 2.82. The van der Waals surface area contributed by atoms with Gasteiger partial charge in [-0.3, -0.25) is 10.1 Å². The molecule has 0 bridgehead atoms. The van der Waals surface area contributed by atoms with Crippen LogP contribution >= 0.6 is 23.3 Å². The third kappa shape index (κ3) is 4.42. The maximum Gasteiger partial charge on any atom is 0.321 e. The van der Waals surface area contributed by atoms with Gasteiger partial charge in [-0.15, -0.1) is 0 Å². The van der Waals surface area contributed by atoms with Crippen LogP contribution in [0.1, 0.15) is 15.9 Å². The molecule has 122 valence electrons. The van der Waals surface area contributed by atoms with Crippen LogP contribution in [0, 0.1) is 5.82 Å². The lowest BCUT2D eigenvalue weighted by Gasteiger charge is -2.11. The Morgan fingerprint density at radius 2 is 2.00 bits per heavy atom. The van der Waals surface area contributed by atoms with E-state index >= 15 is 0 Å². The number of anilines is 1. The second-order valence-corrected chi connectivity index (χ2v) is 6.53. The number of nitrogens with one attached hydrogen (secondary N) is 1. The van der Waals surface area contributed by atoms with E-state index in [1.807, 2.05) is 0 Å². The SMILES string of the molecule is CN(C)C(=O)Nc1snc(SCc2ccc(F)cc2)c1C(N)=O. The fourth-order valence-electron chi connectivity index (χ4n) is 1.62. The molecule has 0 aliphatic carbocycles. The zero-order valence-corrected chi connectivity index (χ0v) is 14.1. The van der Waals surface area contributed by atoms with Gasteiger partial charge in [-0.2, -0.15) is 4.37 Å². The van der Waals surface area contributed by atoms with Gasteiger partial charge in [-0.25, -0.2) is 9.18 Å². The predicted octanol–water partition coefficient (Wildman–Crippen LogP) is 2.77. The summed E-state index contributed by atoms with van der Waals surface area (Å²) >= 11 is 2.30. The van der Waals surface area contributed by atoms with Gasteiger partial charge in [0.25, 0.3) is 5.91 Å². The average molecular weight is 354 g/mol. The summed E-state index contributed by atoms with van der Waals surface area (Å²) in [6, 6.07) is 5.69. The number of hydrogen-bond acceptors (Lipinski definition) is 5. The van der Waals surface area contributed by atoms with Gasteiger partial charge in [0.1, 0.15) is 21.4 Å². The van der Waals surface area contributed by atoms with Crippen molar-refractivity contribution in [1.29, 1.82) is 0 Å². The first-order valence-electron chi connectivity index (χ1n) is 6.53. The van der Waals surface area contributed by atoms with Crippen molar-refractivity contribution in [3.8, 4) is 0 Å². The van der Waals surface area contributed by atoms with Crippen molar-refractivity contribution in [2.75, 3.05) is 19.4 Å². The number of hydrogen-bond donors (Lipinski definition) is 2. The molecule has 6 nitrogen and oxygen atoms in total. The lowest BCUT2D eigenvalue weighted by Crippen LogP contribution is -2.28. The number of carbonyl (C=O) groups is 2. The molecule has 0 aliphatic rings. The molecule has 2 rings (SSSR count). The highest BCUT2D eigenvalue weighted by Gasteiger charge is 2.21. The van der Waals surface area contributed by atoms with Crippen LogP contribution in [-0.4, -0.2) is 35.3 Å². The average Bonchev–Trinajstić information content (AvgIpc) is 2.89. The van der Waals surface area contributed by atoms with Crippen LogP contribution in [0.4, 0.5) is 14.2 Å². The number of urea groups is 1. The van der Waals surface area contributed by atoms with Crippen molar-refractivity contribution in [3.05, 3.63) is 41.2 Å². The summed E-state index contributed by atoms with van der Waals surface area (Å²) in [4.78, 5) is 24.7. The molecule has 9 heteroatoms. The number of halogens is 1. The first-order chi connectivity index (χ1) is 10.9. The van der Waals surface area contributed by atoms with Crippen molar-refractivity contribution >= 4 is 40.2 Å². The number of amides is 3. The molecular formula is C14H15FN4O2S2. The van der Waals surface area contributed by atoms with Gasteiger partial charge in [0.2, 0.25) is 0 Å². The van der Waals surface area contributed by atoms with Crippen LogP contribution < -0.4 is 11.1 Å². The lowest BCUT2D eigenvalue weighted by atomic mass is 10.2. The number of thioether (sulfide) groups is 1. The minimum absolute atomic E-state index is 0.192. The number of primary amides is 1. The first-order valence-corrected chi connectivity index (χ1v) is 8.29. The molecule has 0 aliphatic heterocycles. The molecule has 0 saturated heterocycles. The number of benzene rings is 1. The summed E-state index contributed by atoms with van der Waals surface area (Å²) in [5.41, 5.74) is 6.48. The van der Waals surface area contributed by atoms with Gasteiger partial charge < -0.3 is 10.6 Å². The Bertz CT molecular complexity index is 716. The summed E-state index contributed by atoms with van der Waals surface area (Å²) in [6.07, 6.45) is 0. The summed E-state index contributed by atoms with van der Waals surface area (Å²) in [6.45, 7) is 0. The normalized spacial score (nSPS) is 10.4. The van der Waals surface area contributed by atoms with Crippen LogP contribution in [0.3, 0.4) is 0 Å². The van der Waals surface area contributed by atoms with Crippen molar-refractivity contribution in [1.82, 2.24) is 9.27 Å². The molecule has 0 fully saturated rings. The van der Waals surface area contributed by atoms with Crippen molar-refractivity contribution in [2.45, 2.75) is 10.8 Å². The molecule has 0 saturated carbocycles. The van der Waals surface area contributed by atoms with Crippen molar-refractivity contribution < 1.29 is 14.0 Å². The molecule has 0 spiro atoms. The fourth-order valence-corrected chi connectivity index (χ4v) is 3.53. The van der Waals surface area contributed by atoms with Gasteiger partial charge in [-0.1, -0.05) is 23.9 Å². The highest BCUT2D eigenvalue weighted by atomic mass is 32.2. The zero-order chi connectivity index (χ0) is 17.0. The van der Waals surface area contributed by atoms with Crippen LogP contribution in [0.15, 0.2) is 29.3 Å². The van der Waals surface area contributed by atoms with E-state index in [0.717, 1.165) is 17.1 Å². The van der Waals surface area contributed by atoms with Gasteiger partial charge in [-0.05, 0) is 29.2 Å². The predicted molar refractivity (Wildman–Crippen MR) is 89.3 cm³/mol. The third-order valence-corrected chi connectivity index (χ3v) is 4.75. The Kier molecular flexibility index (Phi) is 5.56. The van der Waals surface area contributed by atoms with Crippen molar-refractivity contribution in [2.24, 2.45) is 5.73 Å². The van der Waals surface area contributed by atoms with E-state index in [4.69, 9.17) is 5.73 Å².